The predicted octanol–water partition coefficient (Wildman–Crippen LogP) is 1.64. The van der Waals surface area contributed by atoms with Crippen LogP contribution >= 0.6 is 11.5 Å². The number of nitrogens with one attached hydrogen (secondary N) is 2. The van der Waals surface area contributed by atoms with Gasteiger partial charge in [0.2, 0.25) is 5.88 Å². The van der Waals surface area contributed by atoms with E-state index in [4.69, 9.17) is 14.9 Å². The second-order valence-corrected chi connectivity index (χ2v) is 7.43. The zero-order valence-electron chi connectivity index (χ0n) is 17.3. The molecule has 2 aromatic rings. The fourth-order valence-electron chi connectivity index (χ4n) is 2.77. The number of urea groups is 1. The summed E-state index contributed by atoms with van der Waals surface area (Å²) in [6.07, 6.45) is 0.505. The molecule has 1 heterocycles. The van der Waals surface area contributed by atoms with E-state index >= 15 is 0 Å². The molecule has 0 saturated heterocycles. The van der Waals surface area contributed by atoms with Crippen LogP contribution in [0.3, 0.4) is 0 Å². The van der Waals surface area contributed by atoms with Crippen LogP contribution in [-0.2, 0) is 6.61 Å². The van der Waals surface area contributed by atoms with Gasteiger partial charge in [-0.3, -0.25) is 10.2 Å². The maximum Gasteiger partial charge on any atom is 0.344 e. The number of rotatable bonds is 13. The first-order chi connectivity index (χ1) is 15.8. The number of ether oxygens (including phenoxy) is 1. The third-order valence-electron chi connectivity index (χ3n) is 4.33. The van der Waals surface area contributed by atoms with Crippen LogP contribution in [0.4, 0.5) is 23.0 Å². The fraction of sp³-hybridized carbons (Fsp3) is 0.421. The lowest BCUT2D eigenvalue weighted by atomic mass is 10.2. The van der Waals surface area contributed by atoms with Gasteiger partial charge in [0.05, 0.1) is 18.8 Å². The predicted molar refractivity (Wildman–Crippen MR) is 112 cm³/mol. The Labute approximate surface area is 190 Å². The second-order valence-electron chi connectivity index (χ2n) is 6.66. The number of carboxylic acid groups (broad SMARTS) is 1. The van der Waals surface area contributed by atoms with E-state index in [1.54, 1.807) is 0 Å². The summed E-state index contributed by atoms with van der Waals surface area (Å²) in [5.41, 5.74) is -1.11. The molecule has 0 aliphatic heterocycles. The van der Waals surface area contributed by atoms with Crippen molar-refractivity contribution >= 4 is 28.5 Å². The summed E-state index contributed by atoms with van der Waals surface area (Å²) in [4.78, 5) is 25.5. The lowest BCUT2D eigenvalue weighted by Crippen LogP contribution is -2.34. The molecule has 0 aliphatic carbocycles. The van der Waals surface area contributed by atoms with Crippen molar-refractivity contribution in [2.75, 3.05) is 44.7 Å². The summed E-state index contributed by atoms with van der Waals surface area (Å²) in [7, 11) is 0. The Morgan fingerprint density at radius 2 is 1.73 bits per heavy atom. The molecule has 0 bridgehead atoms. The van der Waals surface area contributed by atoms with Crippen LogP contribution < -0.4 is 15.4 Å². The smallest absolute Gasteiger partial charge is 0.344 e. The number of hydrogen-bond acceptors (Lipinski definition) is 8. The average Bonchev–Trinajstić information content (AvgIpc) is 3.13. The minimum Gasteiger partial charge on any atom is -0.477 e. The van der Waals surface area contributed by atoms with E-state index in [2.05, 4.69) is 15.0 Å². The first kappa shape index (κ1) is 26.3. The number of carboxylic acids is 1. The highest BCUT2D eigenvalue weighted by molar-refractivity contribution is 7.11. The zero-order valence-corrected chi connectivity index (χ0v) is 18.1. The molecule has 0 radical (unpaired) electrons. The van der Waals surface area contributed by atoms with E-state index in [-0.39, 0.29) is 24.8 Å². The number of nitrogens with zero attached hydrogens (tertiary/aromatic N) is 2. The van der Waals surface area contributed by atoms with Crippen LogP contribution in [0.15, 0.2) is 12.1 Å². The molecular weight excluding hydrogens is 469 g/mol. The number of aromatic nitrogens is 1. The highest BCUT2D eigenvalue weighted by Gasteiger charge is 2.24. The van der Waals surface area contributed by atoms with Crippen molar-refractivity contribution in [3.63, 3.8) is 0 Å². The molecule has 2 amide bonds. The molecule has 0 aliphatic rings. The van der Waals surface area contributed by atoms with Crippen molar-refractivity contribution < 1.29 is 42.8 Å². The number of carbonyl (C=O) groups excluding carboxylic acids is 1. The number of carbonyl (C=O) groups is 2. The van der Waals surface area contributed by atoms with Gasteiger partial charge in [0.15, 0.2) is 5.56 Å². The van der Waals surface area contributed by atoms with Gasteiger partial charge in [0, 0.05) is 31.8 Å². The summed E-state index contributed by atoms with van der Waals surface area (Å²) in [6, 6.07) is 0.218. The normalized spacial score (nSPS) is 11.0. The number of hydrogen-bond donors (Lipinski definition) is 5. The first-order valence-electron chi connectivity index (χ1n) is 9.74. The van der Waals surface area contributed by atoms with Crippen molar-refractivity contribution in [2.24, 2.45) is 0 Å². The molecule has 1 aromatic heterocycles. The molecule has 0 unspecified atom stereocenters. The minimum absolute atomic E-state index is 0.0674. The molecule has 14 heteroatoms. The summed E-state index contributed by atoms with van der Waals surface area (Å²) < 4.78 is 49.4. The summed E-state index contributed by atoms with van der Waals surface area (Å²) in [5, 5.41) is 32.1. The number of anilines is 1. The Bertz CT molecular complexity index is 933. The molecule has 0 spiro atoms. The quantitative estimate of drug-likeness (QED) is 0.266. The van der Waals surface area contributed by atoms with Crippen molar-refractivity contribution in [2.45, 2.75) is 13.0 Å². The van der Waals surface area contributed by atoms with Crippen molar-refractivity contribution in [3.05, 3.63) is 40.7 Å². The standard InChI is InChI=1S/C19H23F3N4O6S/c20-11-8-13(21)12(14(22)9-11)10-32-16-15(18(29)30)17(33-25-16)24-19(31)23-2-1-3-26(4-6-27)5-7-28/h8-9,27-28H,1-7,10H2,(H,29,30)(H2,23,24,31). The Kier molecular flexibility index (Phi) is 10.3. The molecule has 0 atom stereocenters. The van der Waals surface area contributed by atoms with Gasteiger partial charge < -0.3 is 25.4 Å². The van der Waals surface area contributed by atoms with Crippen LogP contribution in [-0.4, -0.2) is 76.0 Å². The number of halogens is 3. The van der Waals surface area contributed by atoms with E-state index in [0.717, 1.165) is 0 Å². The van der Waals surface area contributed by atoms with E-state index in [1.807, 2.05) is 4.90 Å². The van der Waals surface area contributed by atoms with Crippen molar-refractivity contribution in [3.8, 4) is 5.88 Å². The molecule has 0 saturated carbocycles. The number of aliphatic hydroxyl groups excluding tert-OH is 2. The topological polar surface area (TPSA) is 144 Å². The minimum atomic E-state index is -1.49. The number of aromatic carboxylic acids is 1. The molecule has 10 nitrogen and oxygen atoms in total. The van der Waals surface area contributed by atoms with Crippen LogP contribution in [0, 0.1) is 17.5 Å². The van der Waals surface area contributed by atoms with Gasteiger partial charge >= 0.3 is 12.0 Å². The summed E-state index contributed by atoms with van der Waals surface area (Å²) in [6.45, 7) is 0.619. The highest BCUT2D eigenvalue weighted by atomic mass is 32.1. The van der Waals surface area contributed by atoms with Gasteiger partial charge in [-0.2, -0.15) is 4.37 Å². The largest absolute Gasteiger partial charge is 0.477 e. The van der Waals surface area contributed by atoms with E-state index in [9.17, 15) is 27.9 Å². The van der Waals surface area contributed by atoms with Gasteiger partial charge in [-0.15, -0.1) is 0 Å². The molecule has 1 aromatic carbocycles. The van der Waals surface area contributed by atoms with E-state index < -0.39 is 53.1 Å². The third-order valence-corrected chi connectivity index (χ3v) is 5.08. The molecule has 33 heavy (non-hydrogen) atoms. The summed E-state index contributed by atoms with van der Waals surface area (Å²) in [5.74, 6) is -5.46. The Morgan fingerprint density at radius 3 is 2.30 bits per heavy atom. The highest BCUT2D eigenvalue weighted by Crippen LogP contribution is 2.31. The third kappa shape index (κ3) is 7.85. The van der Waals surface area contributed by atoms with Crippen LogP contribution in [0.2, 0.25) is 0 Å². The Hall–Kier alpha value is -2.94. The molecule has 182 valence electrons. The maximum absolute atomic E-state index is 13.7. The van der Waals surface area contributed by atoms with Crippen molar-refractivity contribution in [1.82, 2.24) is 14.6 Å². The van der Waals surface area contributed by atoms with Crippen LogP contribution in [0.25, 0.3) is 0 Å². The van der Waals surface area contributed by atoms with Crippen LogP contribution in [0.1, 0.15) is 22.3 Å². The molecule has 2 rings (SSSR count). The fourth-order valence-corrected chi connectivity index (χ4v) is 3.49. The zero-order chi connectivity index (χ0) is 24.4. The molecular formula is C19H23F3N4O6S. The lowest BCUT2D eigenvalue weighted by molar-refractivity contribution is 0.0693. The Balaban J connectivity index is 1.94. The summed E-state index contributed by atoms with van der Waals surface area (Å²) >= 11 is 0.597. The second kappa shape index (κ2) is 12.9. The van der Waals surface area contributed by atoms with E-state index in [1.165, 1.54) is 0 Å². The van der Waals surface area contributed by atoms with E-state index in [0.29, 0.717) is 49.7 Å². The van der Waals surface area contributed by atoms with Gasteiger partial charge in [-0.05, 0) is 24.5 Å². The van der Waals surface area contributed by atoms with Gasteiger partial charge in [0.25, 0.3) is 0 Å². The van der Waals surface area contributed by atoms with Gasteiger partial charge in [0.1, 0.15) is 29.1 Å². The number of aliphatic hydroxyl groups is 2. The number of amides is 2. The lowest BCUT2D eigenvalue weighted by Gasteiger charge is -2.19. The van der Waals surface area contributed by atoms with Gasteiger partial charge in [-0.1, -0.05) is 0 Å². The maximum atomic E-state index is 13.7. The average molecular weight is 492 g/mol. The molecule has 5 N–H and O–H groups in total. The number of benzene rings is 1. The van der Waals surface area contributed by atoms with Crippen molar-refractivity contribution in [1.29, 1.82) is 0 Å². The molecule has 0 fully saturated rings. The SMILES string of the molecule is O=C(NCCCN(CCO)CCO)Nc1snc(OCc2c(F)cc(F)cc2F)c1C(=O)O. The van der Waals surface area contributed by atoms with Crippen LogP contribution in [0.5, 0.6) is 5.88 Å². The Morgan fingerprint density at radius 1 is 1.09 bits per heavy atom. The monoisotopic (exact) mass is 492 g/mol. The van der Waals surface area contributed by atoms with Gasteiger partial charge in [-0.25, -0.2) is 22.8 Å². The first-order valence-corrected chi connectivity index (χ1v) is 10.5.